The van der Waals surface area contributed by atoms with Crippen molar-refractivity contribution < 1.29 is 14.4 Å². The number of likely N-dealkylation sites (N-methyl/N-ethyl adjacent to an activating group) is 1. The van der Waals surface area contributed by atoms with Crippen LogP contribution in [0, 0.1) is 5.92 Å². The summed E-state index contributed by atoms with van der Waals surface area (Å²) in [5, 5.41) is 2.58. The monoisotopic (exact) mass is 422 g/mol. The highest BCUT2D eigenvalue weighted by Gasteiger charge is 2.55. The second-order valence-corrected chi connectivity index (χ2v) is 7.96. The molecule has 2 aliphatic rings. The number of anilines is 1. The molecule has 0 radical (unpaired) electrons. The van der Waals surface area contributed by atoms with E-state index < -0.39 is 18.0 Å². The third-order valence-electron chi connectivity index (χ3n) is 6.06. The van der Waals surface area contributed by atoms with E-state index in [2.05, 4.69) is 27.4 Å². The first kappa shape index (κ1) is 20.8. The number of β-lactam (4-membered cyclic amide) rings is 1. The van der Waals surface area contributed by atoms with E-state index in [0.717, 1.165) is 17.7 Å². The molecule has 2 fully saturated rings. The van der Waals surface area contributed by atoms with Gasteiger partial charge in [0.25, 0.3) is 0 Å². The maximum Gasteiger partial charge on any atom is 0.327 e. The molecule has 0 bridgehead atoms. The van der Waals surface area contributed by atoms with E-state index in [9.17, 15) is 14.4 Å². The second kappa shape index (κ2) is 8.71. The molecule has 3 atom stereocenters. The lowest BCUT2D eigenvalue weighted by Gasteiger charge is -2.47. The number of rotatable bonds is 4. The summed E-state index contributed by atoms with van der Waals surface area (Å²) in [7, 11) is 1.50. The Balaban J connectivity index is 1.50. The molecular formula is C22H26N6O3. The lowest BCUT2D eigenvalue weighted by Crippen LogP contribution is -2.70. The van der Waals surface area contributed by atoms with Gasteiger partial charge in [-0.2, -0.15) is 0 Å². The summed E-state index contributed by atoms with van der Waals surface area (Å²) >= 11 is 0. The quantitative estimate of drug-likeness (QED) is 0.714. The van der Waals surface area contributed by atoms with E-state index in [0.29, 0.717) is 18.8 Å². The molecule has 31 heavy (non-hydrogen) atoms. The topological polar surface area (TPSA) is 122 Å². The van der Waals surface area contributed by atoms with Crippen LogP contribution in [0.1, 0.15) is 30.0 Å². The zero-order chi connectivity index (χ0) is 22.0. The maximum atomic E-state index is 13.3. The number of nitrogens with zero attached hydrogens (tertiary/aromatic N) is 4. The molecule has 2 aromatic rings. The molecule has 2 aliphatic heterocycles. The molecule has 9 heteroatoms. The first-order valence-electron chi connectivity index (χ1n) is 10.5. The van der Waals surface area contributed by atoms with Crippen LogP contribution in [-0.2, 0) is 16.0 Å². The zero-order valence-corrected chi connectivity index (χ0v) is 17.4. The smallest absolute Gasteiger partial charge is 0.327 e. The van der Waals surface area contributed by atoms with Crippen molar-refractivity contribution in [1.29, 1.82) is 0 Å². The number of nitrogens with one attached hydrogen (secondary N) is 1. The van der Waals surface area contributed by atoms with Gasteiger partial charge in [0, 0.05) is 44.4 Å². The van der Waals surface area contributed by atoms with E-state index in [1.807, 2.05) is 18.2 Å². The van der Waals surface area contributed by atoms with Crippen molar-refractivity contribution in [3.8, 4) is 0 Å². The van der Waals surface area contributed by atoms with Crippen molar-refractivity contribution in [2.24, 2.45) is 5.92 Å². The van der Waals surface area contributed by atoms with Gasteiger partial charge in [0.2, 0.25) is 17.8 Å². The molecule has 4 rings (SSSR count). The largest absolute Gasteiger partial charge is 0.368 e. The van der Waals surface area contributed by atoms with Gasteiger partial charge in [-0.25, -0.2) is 14.8 Å². The maximum absolute atomic E-state index is 13.3. The number of nitrogens with two attached hydrogens (primary N) is 1. The molecule has 0 aliphatic carbocycles. The van der Waals surface area contributed by atoms with Crippen LogP contribution in [0.25, 0.3) is 0 Å². The fourth-order valence-corrected chi connectivity index (χ4v) is 4.46. The van der Waals surface area contributed by atoms with Crippen molar-refractivity contribution in [3.63, 3.8) is 0 Å². The number of benzene rings is 1. The Hall–Kier alpha value is -3.49. The molecule has 162 valence electrons. The van der Waals surface area contributed by atoms with Crippen LogP contribution in [0.5, 0.6) is 0 Å². The van der Waals surface area contributed by atoms with Gasteiger partial charge in [-0.05, 0) is 24.5 Å². The molecule has 2 saturated heterocycles. The van der Waals surface area contributed by atoms with Gasteiger partial charge in [0.05, 0.1) is 5.92 Å². The van der Waals surface area contributed by atoms with Crippen LogP contribution in [0.3, 0.4) is 0 Å². The molecule has 9 nitrogen and oxygen atoms in total. The molecule has 3 N–H and O–H groups in total. The number of hydrogen-bond acceptors (Lipinski definition) is 6. The van der Waals surface area contributed by atoms with E-state index in [1.54, 1.807) is 11.0 Å². The molecule has 3 heterocycles. The standard InChI is InChI=1S/C22H26N6O3/c1-24-19(29)18-17(12-16-9-10-25-21(23)26-16)20(30)28(18)22(31)27-11-5-8-15(13-27)14-6-3-2-4-7-14/h2-4,6-7,9-10,15,17-18H,5,8,11-13H2,1H3,(H,24,29)(H2,23,25,26)/t15-,17+,18-/m0/s1. The van der Waals surface area contributed by atoms with Crippen LogP contribution in [-0.4, -0.2) is 63.8 Å². The number of hydrogen-bond donors (Lipinski definition) is 2. The third-order valence-corrected chi connectivity index (χ3v) is 6.06. The van der Waals surface area contributed by atoms with Crippen molar-refractivity contribution >= 4 is 23.8 Å². The van der Waals surface area contributed by atoms with E-state index in [1.165, 1.54) is 18.8 Å². The summed E-state index contributed by atoms with van der Waals surface area (Å²) in [4.78, 5) is 49.5. The molecule has 0 unspecified atom stereocenters. The minimum absolute atomic E-state index is 0.106. The minimum Gasteiger partial charge on any atom is -0.368 e. The fourth-order valence-electron chi connectivity index (χ4n) is 4.46. The zero-order valence-electron chi connectivity index (χ0n) is 17.4. The van der Waals surface area contributed by atoms with Gasteiger partial charge in [0.15, 0.2) is 0 Å². The second-order valence-electron chi connectivity index (χ2n) is 7.96. The summed E-state index contributed by atoms with van der Waals surface area (Å²) in [6, 6.07) is 10.4. The summed E-state index contributed by atoms with van der Waals surface area (Å²) in [6.45, 7) is 1.10. The normalized spacial score (nSPS) is 23.3. The lowest BCUT2D eigenvalue weighted by molar-refractivity contribution is -0.158. The summed E-state index contributed by atoms with van der Waals surface area (Å²) in [6.07, 6.45) is 3.57. The number of imide groups is 1. The lowest BCUT2D eigenvalue weighted by atomic mass is 9.83. The Bertz CT molecular complexity index is 982. The van der Waals surface area contributed by atoms with Gasteiger partial charge in [0.1, 0.15) is 6.04 Å². The Morgan fingerprint density at radius 1 is 1.23 bits per heavy atom. The molecule has 0 spiro atoms. The minimum atomic E-state index is -0.863. The van der Waals surface area contributed by atoms with Crippen LogP contribution in [0.2, 0.25) is 0 Å². The molecule has 1 aromatic heterocycles. The highest BCUT2D eigenvalue weighted by atomic mass is 16.2. The Morgan fingerprint density at radius 3 is 2.71 bits per heavy atom. The van der Waals surface area contributed by atoms with Crippen molar-refractivity contribution in [2.45, 2.75) is 31.2 Å². The Kier molecular flexibility index (Phi) is 5.83. The number of amides is 4. The van der Waals surface area contributed by atoms with Gasteiger partial charge < -0.3 is 16.0 Å². The number of carbonyl (C=O) groups excluding carboxylic acids is 3. The predicted molar refractivity (Wildman–Crippen MR) is 114 cm³/mol. The number of piperidine rings is 1. The number of aromatic nitrogens is 2. The van der Waals surface area contributed by atoms with Crippen LogP contribution in [0.15, 0.2) is 42.6 Å². The van der Waals surface area contributed by atoms with Crippen molar-refractivity contribution in [2.75, 3.05) is 25.9 Å². The summed E-state index contributed by atoms with van der Waals surface area (Å²) in [5.74, 6) is -1.07. The highest BCUT2D eigenvalue weighted by molar-refractivity contribution is 6.09. The van der Waals surface area contributed by atoms with Crippen LogP contribution < -0.4 is 11.1 Å². The molecule has 1 aromatic carbocycles. The van der Waals surface area contributed by atoms with E-state index >= 15 is 0 Å². The van der Waals surface area contributed by atoms with Gasteiger partial charge in [-0.15, -0.1) is 0 Å². The van der Waals surface area contributed by atoms with Gasteiger partial charge in [-0.1, -0.05) is 30.3 Å². The number of carbonyl (C=O) groups is 3. The Labute approximate surface area is 180 Å². The molecular weight excluding hydrogens is 396 g/mol. The fraction of sp³-hybridized carbons (Fsp3) is 0.409. The number of urea groups is 1. The SMILES string of the molecule is CNC(=O)[C@@H]1[C@@H](Cc2ccnc(N)n2)C(=O)N1C(=O)N1CCC[C@H](c2ccccc2)C1. The van der Waals surface area contributed by atoms with Crippen molar-refractivity contribution in [3.05, 3.63) is 53.9 Å². The highest BCUT2D eigenvalue weighted by Crippen LogP contribution is 2.33. The van der Waals surface area contributed by atoms with Crippen LogP contribution >= 0.6 is 0 Å². The van der Waals surface area contributed by atoms with Crippen LogP contribution in [0.4, 0.5) is 10.7 Å². The van der Waals surface area contributed by atoms with E-state index in [-0.39, 0.29) is 30.1 Å². The molecule has 0 saturated carbocycles. The van der Waals surface area contributed by atoms with E-state index in [4.69, 9.17) is 5.73 Å². The molecule has 4 amide bonds. The summed E-state index contributed by atoms with van der Waals surface area (Å²) < 4.78 is 0. The van der Waals surface area contributed by atoms with Crippen molar-refractivity contribution in [1.82, 2.24) is 25.1 Å². The summed E-state index contributed by atoms with van der Waals surface area (Å²) in [5.41, 5.74) is 7.37. The average Bonchev–Trinajstić information content (AvgIpc) is 2.80. The predicted octanol–water partition coefficient (Wildman–Crippen LogP) is 1.17. The van der Waals surface area contributed by atoms with Gasteiger partial charge in [-0.3, -0.25) is 14.5 Å². The third kappa shape index (κ3) is 4.08. The average molecular weight is 422 g/mol. The number of nitrogen functional groups attached to an aromatic ring is 1. The Morgan fingerprint density at radius 2 is 2.00 bits per heavy atom. The van der Waals surface area contributed by atoms with Gasteiger partial charge >= 0.3 is 6.03 Å². The first-order chi connectivity index (χ1) is 15.0. The number of likely N-dealkylation sites (tertiary alicyclic amines) is 2. The first-order valence-corrected chi connectivity index (χ1v) is 10.5.